The highest BCUT2D eigenvalue weighted by molar-refractivity contribution is 9.10. The molecular formula is C27H35BrN2O2. The van der Waals surface area contributed by atoms with Gasteiger partial charge in [0.15, 0.2) is 0 Å². The third kappa shape index (κ3) is 6.39. The summed E-state index contributed by atoms with van der Waals surface area (Å²) < 4.78 is 5.95. The van der Waals surface area contributed by atoms with Crippen molar-refractivity contribution in [2.45, 2.75) is 48.0 Å². The maximum absolute atomic E-state index is 11.9. The molecule has 1 aromatic carbocycles. The topological polar surface area (TPSA) is 42.4 Å². The smallest absolute Gasteiger partial charge is 0.337 e. The van der Waals surface area contributed by atoms with Crippen LogP contribution in [0.2, 0.25) is 0 Å². The fourth-order valence-corrected chi connectivity index (χ4v) is 4.67. The quantitative estimate of drug-likeness (QED) is 0.426. The van der Waals surface area contributed by atoms with Crippen molar-refractivity contribution in [3.8, 4) is 0 Å². The number of halogens is 1. The van der Waals surface area contributed by atoms with Crippen LogP contribution in [-0.4, -0.2) is 42.6 Å². The molecule has 0 aliphatic carbocycles. The number of carbonyl (C=O) groups is 1. The molecule has 5 heteroatoms. The number of benzene rings is 1. The van der Waals surface area contributed by atoms with Gasteiger partial charge in [0, 0.05) is 41.6 Å². The van der Waals surface area contributed by atoms with Crippen LogP contribution >= 0.6 is 15.9 Å². The molecule has 0 atom stereocenters. The van der Waals surface area contributed by atoms with Gasteiger partial charge in [-0.15, -0.1) is 0 Å². The zero-order valence-electron chi connectivity index (χ0n) is 20.4. The number of pyridine rings is 1. The fraction of sp³-hybridized carbons (Fsp3) is 0.407. The van der Waals surface area contributed by atoms with E-state index in [0.29, 0.717) is 5.56 Å². The van der Waals surface area contributed by atoms with Gasteiger partial charge in [0.2, 0.25) is 0 Å². The molecule has 1 aliphatic heterocycles. The van der Waals surface area contributed by atoms with Gasteiger partial charge in [0.1, 0.15) is 0 Å². The molecule has 0 fully saturated rings. The fourth-order valence-electron chi connectivity index (χ4n) is 4.15. The summed E-state index contributed by atoms with van der Waals surface area (Å²) >= 11 is 3.63. The Kier molecular flexibility index (Phi) is 9.85. The van der Waals surface area contributed by atoms with Crippen LogP contribution in [-0.2, 0) is 4.74 Å². The van der Waals surface area contributed by atoms with E-state index in [0.717, 1.165) is 52.9 Å². The lowest BCUT2D eigenvalue weighted by molar-refractivity contribution is 0.0600. The number of ether oxygens (including phenoxy) is 1. The minimum atomic E-state index is -0.283. The summed E-state index contributed by atoms with van der Waals surface area (Å²) in [6, 6.07) is 5.85. The van der Waals surface area contributed by atoms with Crippen molar-refractivity contribution in [2.75, 3.05) is 26.7 Å². The first kappa shape index (κ1) is 26.0. The van der Waals surface area contributed by atoms with E-state index in [4.69, 9.17) is 4.74 Å². The number of carbonyl (C=O) groups excluding carboxylic acids is 1. The van der Waals surface area contributed by atoms with E-state index >= 15 is 0 Å². The first-order valence-corrected chi connectivity index (χ1v) is 12.0. The number of methoxy groups -OCH3 is 1. The van der Waals surface area contributed by atoms with Gasteiger partial charge in [-0.3, -0.25) is 9.88 Å². The average Bonchev–Trinajstić information content (AvgIpc) is 2.78. The van der Waals surface area contributed by atoms with E-state index in [1.807, 2.05) is 45.2 Å². The molecule has 0 unspecified atom stereocenters. The Labute approximate surface area is 201 Å². The van der Waals surface area contributed by atoms with Crippen LogP contribution < -0.4 is 0 Å². The summed E-state index contributed by atoms with van der Waals surface area (Å²) in [6.07, 6.45) is 7.38. The lowest BCUT2D eigenvalue weighted by Crippen LogP contribution is -2.30. The summed E-state index contributed by atoms with van der Waals surface area (Å²) in [5.74, 6) is -0.283. The molecule has 3 rings (SSSR count). The van der Waals surface area contributed by atoms with Crippen molar-refractivity contribution < 1.29 is 9.53 Å². The van der Waals surface area contributed by atoms with Crippen LogP contribution in [0.1, 0.15) is 65.5 Å². The van der Waals surface area contributed by atoms with Gasteiger partial charge in [0.25, 0.3) is 0 Å². The van der Waals surface area contributed by atoms with Crippen molar-refractivity contribution in [1.82, 2.24) is 9.88 Å². The predicted octanol–water partition coefficient (Wildman–Crippen LogP) is 6.77. The molecular weight excluding hydrogens is 464 g/mol. The molecule has 2 heterocycles. The third-order valence-electron chi connectivity index (χ3n) is 5.57. The van der Waals surface area contributed by atoms with Gasteiger partial charge in [-0.2, -0.15) is 0 Å². The summed E-state index contributed by atoms with van der Waals surface area (Å²) in [7, 11) is 1.42. The number of aromatic nitrogens is 1. The maximum Gasteiger partial charge on any atom is 0.337 e. The summed E-state index contributed by atoms with van der Waals surface area (Å²) in [5.41, 5.74) is 9.01. The van der Waals surface area contributed by atoms with Crippen LogP contribution in [0.3, 0.4) is 0 Å². The Balaban J connectivity index is 0.00000176. The Hall–Kier alpha value is -2.24. The Morgan fingerprint density at radius 3 is 2.41 bits per heavy atom. The van der Waals surface area contributed by atoms with Crippen LogP contribution in [0, 0.1) is 20.8 Å². The van der Waals surface area contributed by atoms with Crippen LogP contribution in [0.25, 0.3) is 11.6 Å². The highest BCUT2D eigenvalue weighted by Crippen LogP contribution is 2.30. The number of aryl methyl sites for hydroxylation is 3. The molecule has 1 aliphatic rings. The van der Waals surface area contributed by atoms with Gasteiger partial charge in [-0.25, -0.2) is 4.79 Å². The number of hydrogen-bond donors (Lipinski definition) is 0. The zero-order valence-corrected chi connectivity index (χ0v) is 22.0. The number of esters is 1. The minimum absolute atomic E-state index is 0.283. The molecule has 172 valence electrons. The molecule has 32 heavy (non-hydrogen) atoms. The lowest BCUT2D eigenvalue weighted by Gasteiger charge is -2.28. The summed E-state index contributed by atoms with van der Waals surface area (Å²) in [4.78, 5) is 18.7. The molecule has 1 aromatic heterocycles. The standard InChI is InChI=1S/C25H29BrN2O2.C2H6/c1-16(12-22-19(4)27-9-6-23(22)26)15-28-10-7-20(8-11-28)24-17(2)13-21(14-18(24)3)25(29)30-5;1-2/h6-7,9,12-14H,8,10-11,15H2,1-5H3;1-2H3/b16-12+;. The molecule has 2 aromatic rings. The largest absolute Gasteiger partial charge is 0.465 e. The Morgan fingerprint density at radius 1 is 1.22 bits per heavy atom. The number of nitrogens with zero attached hydrogens (tertiary/aromatic N) is 2. The third-order valence-corrected chi connectivity index (χ3v) is 6.26. The van der Waals surface area contributed by atoms with E-state index < -0.39 is 0 Å². The average molecular weight is 499 g/mol. The highest BCUT2D eigenvalue weighted by atomic mass is 79.9. The second kappa shape index (κ2) is 12.1. The van der Waals surface area contributed by atoms with Gasteiger partial charge in [-0.05, 0) is 74.6 Å². The molecule has 0 spiro atoms. The minimum Gasteiger partial charge on any atom is -0.465 e. The Bertz CT molecular complexity index is 981. The molecule has 0 amide bonds. The highest BCUT2D eigenvalue weighted by Gasteiger charge is 2.18. The van der Waals surface area contributed by atoms with Gasteiger partial charge in [-0.1, -0.05) is 47.5 Å². The van der Waals surface area contributed by atoms with Crippen molar-refractivity contribution in [1.29, 1.82) is 0 Å². The predicted molar refractivity (Wildman–Crippen MR) is 138 cm³/mol. The van der Waals surface area contributed by atoms with Crippen molar-refractivity contribution in [3.63, 3.8) is 0 Å². The number of hydrogen-bond acceptors (Lipinski definition) is 4. The van der Waals surface area contributed by atoms with Crippen LogP contribution in [0.4, 0.5) is 0 Å². The van der Waals surface area contributed by atoms with Crippen molar-refractivity contribution >= 4 is 33.5 Å². The summed E-state index contributed by atoms with van der Waals surface area (Å²) in [6.45, 7) is 15.2. The summed E-state index contributed by atoms with van der Waals surface area (Å²) in [5, 5.41) is 0. The maximum atomic E-state index is 11.9. The molecule has 0 bridgehead atoms. The van der Waals surface area contributed by atoms with E-state index in [9.17, 15) is 4.79 Å². The molecule has 0 saturated heterocycles. The van der Waals surface area contributed by atoms with E-state index in [-0.39, 0.29) is 5.97 Å². The molecule has 0 saturated carbocycles. The van der Waals surface area contributed by atoms with E-state index in [1.54, 1.807) is 0 Å². The van der Waals surface area contributed by atoms with Crippen molar-refractivity contribution in [2.24, 2.45) is 0 Å². The van der Waals surface area contributed by atoms with Crippen LogP contribution in [0.15, 0.2) is 40.5 Å². The first-order valence-electron chi connectivity index (χ1n) is 11.2. The second-order valence-corrected chi connectivity index (χ2v) is 8.83. The van der Waals surface area contributed by atoms with E-state index in [2.05, 4.69) is 58.7 Å². The monoisotopic (exact) mass is 498 g/mol. The van der Waals surface area contributed by atoms with Crippen LogP contribution in [0.5, 0.6) is 0 Å². The molecule has 0 radical (unpaired) electrons. The molecule has 0 N–H and O–H groups in total. The van der Waals surface area contributed by atoms with Crippen molar-refractivity contribution in [3.05, 3.63) is 74.0 Å². The number of rotatable bonds is 5. The Morgan fingerprint density at radius 2 is 1.88 bits per heavy atom. The normalized spacial score (nSPS) is 14.4. The molecule has 4 nitrogen and oxygen atoms in total. The van der Waals surface area contributed by atoms with Gasteiger partial charge < -0.3 is 4.74 Å². The SMILES string of the molecule is CC.COC(=O)c1cc(C)c(C2=CCN(C/C(C)=C/c3c(Br)ccnc3C)CC2)c(C)c1. The van der Waals surface area contributed by atoms with Gasteiger partial charge >= 0.3 is 5.97 Å². The van der Waals surface area contributed by atoms with E-state index in [1.165, 1.54) is 23.8 Å². The van der Waals surface area contributed by atoms with Gasteiger partial charge in [0.05, 0.1) is 12.7 Å². The first-order chi connectivity index (χ1) is 15.3. The second-order valence-electron chi connectivity index (χ2n) is 7.97. The lowest BCUT2D eigenvalue weighted by atomic mass is 9.90. The zero-order chi connectivity index (χ0) is 23.8.